The molecule has 0 aromatic carbocycles. The van der Waals surface area contributed by atoms with E-state index >= 15 is 0 Å². The second kappa shape index (κ2) is 5.12. The van der Waals surface area contributed by atoms with Crippen molar-refractivity contribution >= 4 is 33.1 Å². The van der Waals surface area contributed by atoms with Gasteiger partial charge in [0, 0.05) is 7.11 Å². The van der Waals surface area contributed by atoms with Gasteiger partial charge in [0.1, 0.15) is 5.82 Å². The van der Waals surface area contributed by atoms with E-state index in [0.29, 0.717) is 22.7 Å². The van der Waals surface area contributed by atoms with E-state index in [1.54, 1.807) is 18.4 Å². The fourth-order valence-corrected chi connectivity index (χ4v) is 2.60. The number of hydrogen-bond acceptors (Lipinski definition) is 5. The summed E-state index contributed by atoms with van der Waals surface area (Å²) in [6, 6.07) is 2.04. The summed E-state index contributed by atoms with van der Waals surface area (Å²) < 4.78 is 5.80. The lowest BCUT2D eigenvalue weighted by atomic mass is 10.2. The molecule has 0 fully saturated rings. The van der Waals surface area contributed by atoms with Crippen LogP contribution in [0.1, 0.15) is 11.3 Å². The number of aryl methyl sites for hydroxylation is 1. The van der Waals surface area contributed by atoms with E-state index in [2.05, 4.69) is 25.9 Å². The van der Waals surface area contributed by atoms with E-state index in [4.69, 9.17) is 10.5 Å². The summed E-state index contributed by atoms with van der Waals surface area (Å²) in [6.07, 6.45) is 0. The fraction of sp³-hybridized carbons (Fsp3) is 0.273. The number of thiophene rings is 1. The highest BCUT2D eigenvalue weighted by Crippen LogP contribution is 2.30. The molecule has 0 saturated heterocycles. The Labute approximate surface area is 112 Å². The Balaban J connectivity index is 2.53. The number of nitrogen functional groups attached to an aromatic ring is 1. The minimum absolute atomic E-state index is 0.407. The van der Waals surface area contributed by atoms with Crippen molar-refractivity contribution < 1.29 is 4.74 Å². The van der Waals surface area contributed by atoms with E-state index in [-0.39, 0.29) is 0 Å². The molecular formula is C11H12BrN3OS. The molecule has 0 aliphatic carbocycles. The third-order valence-corrected chi connectivity index (χ3v) is 4.17. The van der Waals surface area contributed by atoms with E-state index in [1.165, 1.54) is 0 Å². The molecule has 0 unspecified atom stereocenters. The molecule has 4 nitrogen and oxygen atoms in total. The molecule has 0 saturated carbocycles. The van der Waals surface area contributed by atoms with Crippen LogP contribution in [0.4, 0.5) is 5.82 Å². The SMILES string of the molecule is COCc1nc(-c2sccc2C)nc(N)c1Br. The van der Waals surface area contributed by atoms with Crippen LogP contribution in [0.3, 0.4) is 0 Å². The van der Waals surface area contributed by atoms with Crippen LogP contribution in [-0.2, 0) is 11.3 Å². The first kappa shape index (κ1) is 12.5. The van der Waals surface area contributed by atoms with Crippen LogP contribution in [0.5, 0.6) is 0 Å². The van der Waals surface area contributed by atoms with Crippen LogP contribution in [0.15, 0.2) is 15.9 Å². The highest BCUT2D eigenvalue weighted by molar-refractivity contribution is 9.10. The lowest BCUT2D eigenvalue weighted by Gasteiger charge is -2.07. The quantitative estimate of drug-likeness (QED) is 0.946. The first-order chi connectivity index (χ1) is 8.13. The first-order valence-electron chi connectivity index (χ1n) is 4.98. The van der Waals surface area contributed by atoms with E-state index < -0.39 is 0 Å². The van der Waals surface area contributed by atoms with Crippen molar-refractivity contribution in [2.24, 2.45) is 0 Å². The molecule has 0 amide bonds. The lowest BCUT2D eigenvalue weighted by Crippen LogP contribution is -2.03. The van der Waals surface area contributed by atoms with E-state index in [9.17, 15) is 0 Å². The highest BCUT2D eigenvalue weighted by Gasteiger charge is 2.13. The number of hydrogen-bond donors (Lipinski definition) is 1. The Bertz CT molecular complexity index is 542. The minimum Gasteiger partial charge on any atom is -0.383 e. The van der Waals surface area contributed by atoms with Gasteiger partial charge in [-0.15, -0.1) is 11.3 Å². The van der Waals surface area contributed by atoms with Gasteiger partial charge >= 0.3 is 0 Å². The second-order valence-electron chi connectivity index (χ2n) is 3.56. The van der Waals surface area contributed by atoms with Crippen LogP contribution < -0.4 is 5.73 Å². The second-order valence-corrected chi connectivity index (χ2v) is 5.27. The number of halogens is 1. The summed E-state index contributed by atoms with van der Waals surface area (Å²) in [5, 5.41) is 2.02. The van der Waals surface area contributed by atoms with Crippen molar-refractivity contribution in [1.29, 1.82) is 0 Å². The summed E-state index contributed by atoms with van der Waals surface area (Å²) in [5.74, 6) is 1.10. The van der Waals surface area contributed by atoms with Gasteiger partial charge in [-0.25, -0.2) is 9.97 Å². The van der Waals surface area contributed by atoms with Gasteiger partial charge in [0.05, 0.1) is 21.7 Å². The normalized spacial score (nSPS) is 10.8. The topological polar surface area (TPSA) is 61.0 Å². The summed E-state index contributed by atoms with van der Waals surface area (Å²) in [5.41, 5.74) is 7.78. The van der Waals surface area contributed by atoms with E-state index in [0.717, 1.165) is 16.1 Å². The largest absolute Gasteiger partial charge is 0.383 e. The number of methoxy groups -OCH3 is 1. The molecule has 0 aliphatic rings. The molecule has 6 heteroatoms. The highest BCUT2D eigenvalue weighted by atomic mass is 79.9. The molecule has 90 valence electrons. The van der Waals surface area contributed by atoms with Crippen molar-refractivity contribution in [2.75, 3.05) is 12.8 Å². The average molecular weight is 314 g/mol. The Hall–Kier alpha value is -0.980. The third-order valence-electron chi connectivity index (χ3n) is 2.29. The fourth-order valence-electron chi connectivity index (χ4n) is 1.45. The zero-order valence-corrected chi connectivity index (χ0v) is 11.9. The Morgan fingerprint density at radius 1 is 1.47 bits per heavy atom. The maximum Gasteiger partial charge on any atom is 0.172 e. The average Bonchev–Trinajstić information content (AvgIpc) is 2.71. The first-order valence-corrected chi connectivity index (χ1v) is 6.66. The molecule has 2 aromatic heterocycles. The van der Waals surface area contributed by atoms with Gasteiger partial charge in [-0.1, -0.05) is 0 Å². The maximum atomic E-state index is 5.86. The smallest absolute Gasteiger partial charge is 0.172 e. The van der Waals surface area contributed by atoms with Gasteiger partial charge in [-0.2, -0.15) is 0 Å². The molecule has 0 atom stereocenters. The lowest BCUT2D eigenvalue weighted by molar-refractivity contribution is 0.181. The molecule has 17 heavy (non-hydrogen) atoms. The van der Waals surface area contributed by atoms with Crippen molar-refractivity contribution in [1.82, 2.24) is 9.97 Å². The summed E-state index contributed by atoms with van der Waals surface area (Å²) in [7, 11) is 1.63. The Morgan fingerprint density at radius 2 is 2.24 bits per heavy atom. The van der Waals surface area contributed by atoms with Gasteiger partial charge in [0.25, 0.3) is 0 Å². The maximum absolute atomic E-state index is 5.86. The molecule has 0 aliphatic heterocycles. The number of nitrogens with zero attached hydrogens (tertiary/aromatic N) is 2. The van der Waals surface area contributed by atoms with Crippen molar-refractivity contribution in [3.8, 4) is 10.7 Å². The molecule has 2 N–H and O–H groups in total. The van der Waals surface area contributed by atoms with Gasteiger partial charge in [0.2, 0.25) is 0 Å². The minimum atomic E-state index is 0.407. The third kappa shape index (κ3) is 2.48. The van der Waals surface area contributed by atoms with Crippen LogP contribution >= 0.6 is 27.3 Å². The number of rotatable bonds is 3. The van der Waals surface area contributed by atoms with Crippen LogP contribution in [0, 0.1) is 6.92 Å². The monoisotopic (exact) mass is 313 g/mol. The van der Waals surface area contributed by atoms with Crippen LogP contribution in [0.25, 0.3) is 10.7 Å². The molecule has 2 heterocycles. The zero-order chi connectivity index (χ0) is 12.4. The molecule has 2 rings (SSSR count). The van der Waals surface area contributed by atoms with Crippen molar-refractivity contribution in [2.45, 2.75) is 13.5 Å². The number of nitrogens with two attached hydrogens (primary N) is 1. The number of anilines is 1. The van der Waals surface area contributed by atoms with Crippen LogP contribution in [0.2, 0.25) is 0 Å². The predicted octanol–water partition coefficient (Wildman–Crippen LogP) is 3.00. The molecule has 0 radical (unpaired) electrons. The zero-order valence-electron chi connectivity index (χ0n) is 9.53. The Kier molecular flexibility index (Phi) is 3.76. The molecule has 0 spiro atoms. The standard InChI is InChI=1S/C11H12BrN3OS/c1-6-3-4-17-9(6)11-14-7(5-16-2)8(12)10(13)15-11/h3-4H,5H2,1-2H3,(H2,13,14,15). The Morgan fingerprint density at radius 3 is 2.82 bits per heavy atom. The molecule has 2 aromatic rings. The van der Waals surface area contributed by atoms with Gasteiger partial charge < -0.3 is 10.5 Å². The predicted molar refractivity (Wildman–Crippen MR) is 72.9 cm³/mol. The van der Waals surface area contributed by atoms with Crippen molar-refractivity contribution in [3.63, 3.8) is 0 Å². The molecule has 0 bridgehead atoms. The van der Waals surface area contributed by atoms with E-state index in [1.807, 2.05) is 18.4 Å². The summed E-state index contributed by atoms with van der Waals surface area (Å²) in [6.45, 7) is 2.44. The molecular weight excluding hydrogens is 302 g/mol. The van der Waals surface area contributed by atoms with Crippen molar-refractivity contribution in [3.05, 3.63) is 27.2 Å². The number of aromatic nitrogens is 2. The number of ether oxygens (including phenoxy) is 1. The summed E-state index contributed by atoms with van der Waals surface area (Å²) >= 11 is 4.98. The summed E-state index contributed by atoms with van der Waals surface area (Å²) in [4.78, 5) is 9.81. The van der Waals surface area contributed by atoms with Crippen LogP contribution in [-0.4, -0.2) is 17.1 Å². The van der Waals surface area contributed by atoms with Gasteiger partial charge in [0.15, 0.2) is 5.82 Å². The van der Waals surface area contributed by atoms with Gasteiger partial charge in [-0.05, 0) is 39.9 Å². The van der Waals surface area contributed by atoms with Gasteiger partial charge in [-0.3, -0.25) is 0 Å².